The van der Waals surface area contributed by atoms with Crippen molar-refractivity contribution in [1.82, 2.24) is 0 Å². The fourth-order valence-electron chi connectivity index (χ4n) is 1.37. The Morgan fingerprint density at radius 2 is 1.91 bits per heavy atom. The normalized spacial score (nSPS) is 13.9. The van der Waals surface area contributed by atoms with Gasteiger partial charge in [0.2, 0.25) is 0 Å². The minimum absolute atomic E-state index is 0.424. The molecule has 0 N–H and O–H groups in total. The molecule has 1 atom stereocenters. The molecule has 0 aromatic carbocycles. The molecule has 0 nitrogen and oxygen atoms in total. The Kier molecular flexibility index (Phi) is 7.59. The fourth-order valence-corrected chi connectivity index (χ4v) is 4.47. The van der Waals surface area contributed by atoms with Crippen LogP contribution in [-0.2, 0) is 0 Å². The molecule has 0 heterocycles. The zero-order valence-corrected chi connectivity index (χ0v) is 10.1. The van der Waals surface area contributed by atoms with Gasteiger partial charge in [-0.25, -0.2) is 0 Å². The van der Waals surface area contributed by atoms with Crippen LogP contribution in [0.25, 0.3) is 0 Å². The molecule has 0 aromatic rings. The first-order valence-corrected chi connectivity index (χ1v) is 9.51. The number of hydrogen-bond donors (Lipinski definition) is 0. The number of rotatable bonds is 6. The van der Waals surface area contributed by atoms with Crippen LogP contribution in [0.3, 0.4) is 0 Å². The Balaban J connectivity index is 3.51. The number of hydrogen-bond acceptors (Lipinski definition) is 0. The first kappa shape index (κ1) is 11.6. The molecular weight excluding hydrogens is 195 g/mol. The summed E-state index contributed by atoms with van der Waals surface area (Å²) in [5.74, 6) is 0. The van der Waals surface area contributed by atoms with E-state index in [2.05, 4.69) is 25.3 Å². The van der Waals surface area contributed by atoms with Crippen LogP contribution in [0.4, 0.5) is 0 Å². The minimum atomic E-state index is -0.424. The predicted molar refractivity (Wildman–Crippen MR) is 55.3 cm³/mol. The van der Waals surface area contributed by atoms with E-state index in [-0.39, 0.29) is 0 Å². The van der Waals surface area contributed by atoms with Gasteiger partial charge < -0.3 is 0 Å². The molecule has 0 aliphatic heterocycles. The molecule has 11 heavy (non-hydrogen) atoms. The summed E-state index contributed by atoms with van der Waals surface area (Å²) in [6.45, 7) is 6.19. The predicted octanol–water partition coefficient (Wildman–Crippen LogP) is 3.92. The topological polar surface area (TPSA) is 0 Å². The van der Waals surface area contributed by atoms with Crippen molar-refractivity contribution in [3.63, 3.8) is 0 Å². The van der Waals surface area contributed by atoms with Crippen molar-refractivity contribution >= 4 is 14.7 Å². The van der Waals surface area contributed by atoms with Crippen LogP contribution in [-0.4, -0.2) is 14.7 Å². The second-order valence-electron chi connectivity index (χ2n) is 3.40. The van der Waals surface area contributed by atoms with Crippen molar-refractivity contribution in [2.24, 2.45) is 0 Å². The molecule has 0 bridgehead atoms. The SMILES string of the molecule is [CH2]CCCC(CCC)[As](C)C. The molecule has 1 radical (unpaired) electrons. The molecule has 0 aliphatic carbocycles. The van der Waals surface area contributed by atoms with E-state index in [9.17, 15) is 0 Å². The summed E-state index contributed by atoms with van der Waals surface area (Å²) in [6, 6.07) is 0. The van der Waals surface area contributed by atoms with E-state index >= 15 is 0 Å². The van der Waals surface area contributed by atoms with Crippen molar-refractivity contribution in [2.45, 2.75) is 55.2 Å². The van der Waals surface area contributed by atoms with Gasteiger partial charge in [0, 0.05) is 0 Å². The summed E-state index contributed by atoms with van der Waals surface area (Å²) in [7, 11) is 0. The van der Waals surface area contributed by atoms with Gasteiger partial charge in [-0.1, -0.05) is 0 Å². The van der Waals surface area contributed by atoms with E-state index in [1.807, 2.05) is 0 Å². The Bertz CT molecular complexity index is 78.9. The second kappa shape index (κ2) is 7.22. The van der Waals surface area contributed by atoms with Crippen molar-refractivity contribution in [3.8, 4) is 0 Å². The number of unbranched alkanes of at least 4 members (excludes halogenated alkanes) is 1. The van der Waals surface area contributed by atoms with Gasteiger partial charge in [0.15, 0.2) is 0 Å². The maximum absolute atomic E-state index is 3.89. The molecule has 67 valence electrons. The summed E-state index contributed by atoms with van der Waals surface area (Å²) >= 11 is -0.424. The Labute approximate surface area is 77.0 Å². The zero-order chi connectivity index (χ0) is 8.69. The molecule has 0 saturated carbocycles. The second-order valence-corrected chi connectivity index (χ2v) is 8.98. The van der Waals surface area contributed by atoms with Crippen LogP contribution in [0, 0.1) is 6.92 Å². The van der Waals surface area contributed by atoms with Crippen LogP contribution in [0.15, 0.2) is 0 Å². The van der Waals surface area contributed by atoms with Gasteiger partial charge in [-0.05, 0) is 0 Å². The summed E-state index contributed by atoms with van der Waals surface area (Å²) in [5, 5.41) is 0. The van der Waals surface area contributed by atoms with Gasteiger partial charge in [-0.15, -0.1) is 0 Å². The molecule has 0 aromatic heterocycles. The van der Waals surface area contributed by atoms with E-state index in [0.717, 1.165) is 11.1 Å². The van der Waals surface area contributed by atoms with Crippen molar-refractivity contribution in [3.05, 3.63) is 6.92 Å². The average Bonchev–Trinajstić information content (AvgIpc) is 1.97. The third kappa shape index (κ3) is 5.79. The van der Waals surface area contributed by atoms with Crippen molar-refractivity contribution in [2.75, 3.05) is 0 Å². The maximum atomic E-state index is 3.89. The van der Waals surface area contributed by atoms with Crippen LogP contribution in [0.5, 0.6) is 0 Å². The zero-order valence-electron chi connectivity index (χ0n) is 8.27. The molecule has 0 spiro atoms. The molecular formula is C10H22As. The van der Waals surface area contributed by atoms with Gasteiger partial charge in [0.25, 0.3) is 0 Å². The van der Waals surface area contributed by atoms with Gasteiger partial charge in [0.1, 0.15) is 0 Å². The van der Waals surface area contributed by atoms with Crippen molar-refractivity contribution in [1.29, 1.82) is 0 Å². The van der Waals surface area contributed by atoms with Gasteiger partial charge in [-0.3, -0.25) is 0 Å². The third-order valence-corrected chi connectivity index (χ3v) is 6.29. The standard InChI is InChI=1S/C10H22As/c1-5-7-9-10(8-6-2)11(3)4/h10H,1,5-9H2,2-4H3. The monoisotopic (exact) mass is 217 g/mol. The van der Waals surface area contributed by atoms with Gasteiger partial charge in [-0.2, -0.15) is 0 Å². The van der Waals surface area contributed by atoms with Crippen LogP contribution in [0.1, 0.15) is 39.0 Å². The van der Waals surface area contributed by atoms with Crippen LogP contribution < -0.4 is 0 Å². The summed E-state index contributed by atoms with van der Waals surface area (Å²) < 4.78 is 1.09. The first-order valence-electron chi connectivity index (χ1n) is 4.68. The molecule has 0 aliphatic rings. The summed E-state index contributed by atoms with van der Waals surface area (Å²) in [4.78, 5) is 0. The van der Waals surface area contributed by atoms with E-state index in [4.69, 9.17) is 0 Å². The van der Waals surface area contributed by atoms with Crippen LogP contribution in [0.2, 0.25) is 16.1 Å². The summed E-state index contributed by atoms with van der Waals surface area (Å²) in [6.07, 6.45) is 6.76. The van der Waals surface area contributed by atoms with Crippen LogP contribution >= 0.6 is 0 Å². The molecule has 0 saturated heterocycles. The first-order chi connectivity index (χ1) is 5.22. The van der Waals surface area contributed by atoms with Gasteiger partial charge >= 0.3 is 76.7 Å². The molecule has 0 rings (SSSR count). The van der Waals surface area contributed by atoms with E-state index in [1.54, 1.807) is 0 Å². The van der Waals surface area contributed by atoms with Gasteiger partial charge in [0.05, 0.1) is 0 Å². The molecule has 0 fully saturated rings. The molecule has 0 amide bonds. The van der Waals surface area contributed by atoms with E-state index < -0.39 is 14.7 Å². The Morgan fingerprint density at radius 3 is 2.27 bits per heavy atom. The van der Waals surface area contributed by atoms with Crippen molar-refractivity contribution < 1.29 is 0 Å². The third-order valence-electron chi connectivity index (χ3n) is 2.14. The quantitative estimate of drug-likeness (QED) is 0.591. The molecule has 1 unspecified atom stereocenters. The molecule has 1 heteroatoms. The fraction of sp³-hybridized carbons (Fsp3) is 0.900. The average molecular weight is 217 g/mol. The van der Waals surface area contributed by atoms with E-state index in [0.29, 0.717) is 0 Å². The Hall–Kier alpha value is 0.558. The summed E-state index contributed by atoms with van der Waals surface area (Å²) in [5.41, 5.74) is 4.97. The Morgan fingerprint density at radius 1 is 1.27 bits per heavy atom. The van der Waals surface area contributed by atoms with E-state index in [1.165, 1.54) is 25.7 Å².